The third kappa shape index (κ3) is 1.98. The van der Waals surface area contributed by atoms with Gasteiger partial charge in [-0.2, -0.15) is 0 Å². The third-order valence-electron chi connectivity index (χ3n) is 1.99. The van der Waals surface area contributed by atoms with E-state index in [0.717, 1.165) is 6.20 Å². The van der Waals surface area contributed by atoms with Gasteiger partial charge in [-0.15, -0.1) is 0 Å². The number of rotatable bonds is 4. The topological polar surface area (TPSA) is 115 Å². The summed E-state index contributed by atoms with van der Waals surface area (Å²) in [7, 11) is 2.65. The van der Waals surface area contributed by atoms with Gasteiger partial charge in [0.15, 0.2) is 5.75 Å². The van der Waals surface area contributed by atoms with Crippen LogP contribution in [0.5, 0.6) is 17.4 Å². The van der Waals surface area contributed by atoms with Gasteiger partial charge in [0.25, 0.3) is 5.88 Å². The van der Waals surface area contributed by atoms with E-state index in [1.165, 1.54) is 14.2 Å². The second-order valence-electron chi connectivity index (χ2n) is 2.92. The molecule has 1 heterocycles. The Balaban J connectivity index is 3.39. The average molecular weight is 228 g/mol. The third-order valence-corrected chi connectivity index (χ3v) is 1.99. The number of hydrogen-bond acceptors (Lipinski definition) is 6. The first-order chi connectivity index (χ1) is 7.52. The first kappa shape index (κ1) is 12.1. The Kier molecular flexibility index (Phi) is 3.51. The van der Waals surface area contributed by atoms with Gasteiger partial charge < -0.3 is 25.4 Å². The maximum absolute atomic E-state index is 10.8. The Hall–Kier alpha value is -2.02. The second-order valence-corrected chi connectivity index (χ2v) is 2.92. The second kappa shape index (κ2) is 4.67. The quantitative estimate of drug-likeness (QED) is 0.658. The summed E-state index contributed by atoms with van der Waals surface area (Å²) in [4.78, 5) is 14.5. The summed E-state index contributed by atoms with van der Waals surface area (Å²) in [5, 5.41) is 18.3. The highest BCUT2D eigenvalue weighted by atomic mass is 16.5. The van der Waals surface area contributed by atoms with Crippen molar-refractivity contribution in [2.24, 2.45) is 5.73 Å². The molecule has 0 aliphatic heterocycles. The van der Waals surface area contributed by atoms with E-state index in [9.17, 15) is 9.90 Å². The van der Waals surface area contributed by atoms with Gasteiger partial charge in [0.05, 0.1) is 26.0 Å². The van der Waals surface area contributed by atoms with Crippen molar-refractivity contribution < 1.29 is 24.5 Å². The Bertz CT molecular complexity index is 407. The highest BCUT2D eigenvalue weighted by molar-refractivity contribution is 5.78. The number of carboxylic acid groups (broad SMARTS) is 1. The number of carbonyl (C=O) groups is 1. The van der Waals surface area contributed by atoms with E-state index >= 15 is 0 Å². The lowest BCUT2D eigenvalue weighted by atomic mass is 10.1. The van der Waals surface area contributed by atoms with Crippen molar-refractivity contribution in [2.75, 3.05) is 14.2 Å². The number of aliphatic carboxylic acids is 1. The number of aromatic nitrogens is 1. The molecule has 1 aromatic rings. The molecule has 0 amide bonds. The molecule has 0 bridgehead atoms. The van der Waals surface area contributed by atoms with Crippen molar-refractivity contribution in [1.82, 2.24) is 4.98 Å². The van der Waals surface area contributed by atoms with Gasteiger partial charge in [-0.05, 0) is 0 Å². The molecule has 16 heavy (non-hydrogen) atoms. The van der Waals surface area contributed by atoms with E-state index < -0.39 is 12.0 Å². The zero-order chi connectivity index (χ0) is 12.3. The van der Waals surface area contributed by atoms with Crippen LogP contribution in [0, 0.1) is 0 Å². The Morgan fingerprint density at radius 3 is 2.56 bits per heavy atom. The summed E-state index contributed by atoms with van der Waals surface area (Å²) in [6, 6.07) is -1.41. The maximum atomic E-state index is 10.8. The van der Waals surface area contributed by atoms with Crippen molar-refractivity contribution in [3.05, 3.63) is 11.8 Å². The van der Waals surface area contributed by atoms with Crippen LogP contribution in [-0.2, 0) is 4.79 Å². The number of nitrogens with two attached hydrogens (primary N) is 1. The number of methoxy groups -OCH3 is 2. The summed E-state index contributed by atoms with van der Waals surface area (Å²) in [6.07, 6.45) is 1.06. The molecule has 0 saturated carbocycles. The van der Waals surface area contributed by atoms with E-state index in [-0.39, 0.29) is 22.9 Å². The number of pyridine rings is 1. The minimum Gasteiger partial charge on any atom is -0.506 e. The van der Waals surface area contributed by atoms with Crippen LogP contribution in [0.4, 0.5) is 0 Å². The van der Waals surface area contributed by atoms with Crippen molar-refractivity contribution in [1.29, 1.82) is 0 Å². The SMILES string of the molecule is COc1ncc(O)c(C(N)C(=O)O)c1OC. The summed E-state index contributed by atoms with van der Waals surface area (Å²) >= 11 is 0. The van der Waals surface area contributed by atoms with Crippen LogP contribution in [-0.4, -0.2) is 35.4 Å². The predicted octanol–water partition coefficient (Wildman–Crippen LogP) is -0.111. The zero-order valence-electron chi connectivity index (χ0n) is 8.80. The highest BCUT2D eigenvalue weighted by Gasteiger charge is 2.26. The number of carboxylic acids is 1. The monoisotopic (exact) mass is 228 g/mol. The maximum Gasteiger partial charge on any atom is 0.325 e. The molecule has 0 saturated heterocycles. The average Bonchev–Trinajstić information content (AvgIpc) is 2.27. The molecule has 1 aromatic heterocycles. The zero-order valence-corrected chi connectivity index (χ0v) is 8.80. The van der Waals surface area contributed by atoms with Gasteiger partial charge in [-0.1, -0.05) is 0 Å². The molecule has 1 unspecified atom stereocenters. The molecule has 1 atom stereocenters. The largest absolute Gasteiger partial charge is 0.506 e. The lowest BCUT2D eigenvalue weighted by molar-refractivity contribution is -0.138. The molecule has 0 aromatic carbocycles. The van der Waals surface area contributed by atoms with E-state index in [2.05, 4.69) is 4.98 Å². The van der Waals surface area contributed by atoms with Gasteiger partial charge in [-0.3, -0.25) is 4.79 Å². The Morgan fingerprint density at radius 1 is 1.50 bits per heavy atom. The molecule has 0 fully saturated rings. The fourth-order valence-electron chi connectivity index (χ4n) is 1.25. The van der Waals surface area contributed by atoms with Gasteiger partial charge >= 0.3 is 5.97 Å². The molecule has 0 radical (unpaired) electrons. The molecule has 1 rings (SSSR count). The number of aromatic hydroxyl groups is 1. The molecule has 0 aliphatic carbocycles. The minimum atomic E-state index is -1.41. The normalized spacial score (nSPS) is 11.9. The smallest absolute Gasteiger partial charge is 0.325 e. The van der Waals surface area contributed by atoms with Crippen molar-refractivity contribution in [2.45, 2.75) is 6.04 Å². The summed E-state index contributed by atoms with van der Waals surface area (Å²) < 4.78 is 9.79. The summed E-state index contributed by atoms with van der Waals surface area (Å²) in [5.74, 6) is -1.57. The first-order valence-corrected chi connectivity index (χ1v) is 4.31. The predicted molar refractivity (Wildman–Crippen MR) is 53.6 cm³/mol. The number of hydrogen-bond donors (Lipinski definition) is 3. The van der Waals surface area contributed by atoms with Crippen molar-refractivity contribution in [3.8, 4) is 17.4 Å². The van der Waals surface area contributed by atoms with Gasteiger partial charge in [-0.25, -0.2) is 4.98 Å². The van der Waals surface area contributed by atoms with Crippen LogP contribution in [0.1, 0.15) is 11.6 Å². The number of nitrogens with zero attached hydrogens (tertiary/aromatic N) is 1. The van der Waals surface area contributed by atoms with Crippen molar-refractivity contribution >= 4 is 5.97 Å². The number of ether oxygens (including phenoxy) is 2. The first-order valence-electron chi connectivity index (χ1n) is 4.31. The molecule has 7 nitrogen and oxygen atoms in total. The van der Waals surface area contributed by atoms with Crippen LogP contribution in [0.15, 0.2) is 6.20 Å². The van der Waals surface area contributed by atoms with E-state index in [4.69, 9.17) is 20.3 Å². The minimum absolute atomic E-state index is 0.0115. The molecule has 7 heteroatoms. The van der Waals surface area contributed by atoms with Crippen LogP contribution >= 0.6 is 0 Å². The van der Waals surface area contributed by atoms with Gasteiger partial charge in [0.1, 0.15) is 11.8 Å². The van der Waals surface area contributed by atoms with Gasteiger partial charge in [0, 0.05) is 0 Å². The van der Waals surface area contributed by atoms with Crippen molar-refractivity contribution in [3.63, 3.8) is 0 Å². The fourth-order valence-corrected chi connectivity index (χ4v) is 1.25. The van der Waals surface area contributed by atoms with Crippen LogP contribution in [0.3, 0.4) is 0 Å². The molecular weight excluding hydrogens is 216 g/mol. The van der Waals surface area contributed by atoms with Gasteiger partial charge in [0.2, 0.25) is 0 Å². The Labute approximate surface area is 91.4 Å². The van der Waals surface area contributed by atoms with E-state index in [1.54, 1.807) is 0 Å². The molecular formula is C9H12N2O5. The standard InChI is InChI=1S/C9H12N2O5/c1-15-7-5(6(10)9(13)14)4(12)3-11-8(7)16-2/h3,6,12H,10H2,1-2H3,(H,13,14). The van der Waals surface area contributed by atoms with Crippen LogP contribution in [0.25, 0.3) is 0 Å². The van der Waals surface area contributed by atoms with Crippen LogP contribution < -0.4 is 15.2 Å². The van der Waals surface area contributed by atoms with E-state index in [0.29, 0.717) is 0 Å². The van der Waals surface area contributed by atoms with Crippen LogP contribution in [0.2, 0.25) is 0 Å². The lowest BCUT2D eigenvalue weighted by Gasteiger charge is -2.15. The Morgan fingerprint density at radius 2 is 2.12 bits per heavy atom. The molecule has 0 spiro atoms. The highest BCUT2D eigenvalue weighted by Crippen LogP contribution is 2.37. The summed E-state index contributed by atoms with van der Waals surface area (Å²) in [5.41, 5.74) is 5.35. The lowest BCUT2D eigenvalue weighted by Crippen LogP contribution is -2.21. The fraction of sp³-hybridized carbons (Fsp3) is 0.333. The molecule has 88 valence electrons. The van der Waals surface area contributed by atoms with E-state index in [1.807, 2.05) is 0 Å². The molecule has 4 N–H and O–H groups in total. The summed E-state index contributed by atoms with van der Waals surface area (Å²) in [6.45, 7) is 0. The molecule has 0 aliphatic rings.